The van der Waals surface area contributed by atoms with Crippen molar-refractivity contribution in [2.75, 3.05) is 11.9 Å². The Bertz CT molecular complexity index is 418. The summed E-state index contributed by atoms with van der Waals surface area (Å²) in [5, 5.41) is 5.88. The van der Waals surface area contributed by atoms with E-state index in [1.165, 1.54) is 6.07 Å². The number of hydrogen-bond acceptors (Lipinski definition) is 2. The number of nitrogens with one attached hydrogen (secondary N) is 2. The van der Waals surface area contributed by atoms with Crippen LogP contribution in [0.1, 0.15) is 26.3 Å². The number of benzene rings is 1. The molecule has 0 aliphatic rings. The van der Waals surface area contributed by atoms with E-state index in [0.29, 0.717) is 11.5 Å². The maximum atomic E-state index is 13.1. The van der Waals surface area contributed by atoms with Crippen LogP contribution in [0.2, 0.25) is 0 Å². The van der Waals surface area contributed by atoms with Crippen LogP contribution in [0.3, 0.4) is 0 Å². The highest BCUT2D eigenvalue weighted by Gasteiger charge is 2.10. The van der Waals surface area contributed by atoms with Crippen LogP contribution in [-0.2, 0) is 4.79 Å². The highest BCUT2D eigenvalue weighted by Crippen LogP contribution is 2.13. The molecule has 1 atom stereocenters. The Kier molecular flexibility index (Phi) is 5.13. The van der Waals surface area contributed by atoms with Gasteiger partial charge in [0.25, 0.3) is 0 Å². The number of anilines is 1. The first kappa shape index (κ1) is 14.5. The topological polar surface area (TPSA) is 41.1 Å². The molecule has 0 aliphatic carbocycles. The van der Waals surface area contributed by atoms with Gasteiger partial charge in [-0.3, -0.25) is 4.79 Å². The van der Waals surface area contributed by atoms with E-state index in [0.717, 1.165) is 5.69 Å². The fourth-order valence-electron chi connectivity index (χ4n) is 1.41. The van der Waals surface area contributed by atoms with Gasteiger partial charge in [-0.05, 0) is 43.5 Å². The zero-order chi connectivity index (χ0) is 13.7. The first-order chi connectivity index (χ1) is 8.40. The summed E-state index contributed by atoms with van der Waals surface area (Å²) in [7, 11) is 0. The highest BCUT2D eigenvalue weighted by molar-refractivity contribution is 5.80. The molecule has 0 spiro atoms. The summed E-state index contributed by atoms with van der Waals surface area (Å²) in [4.78, 5) is 11.6. The second-order valence-corrected chi connectivity index (χ2v) is 4.92. The van der Waals surface area contributed by atoms with E-state index in [4.69, 9.17) is 0 Å². The fourth-order valence-corrected chi connectivity index (χ4v) is 1.41. The lowest BCUT2D eigenvalue weighted by atomic mass is 10.1. The molecule has 0 heterocycles. The zero-order valence-electron chi connectivity index (χ0n) is 11.4. The van der Waals surface area contributed by atoms with Crippen molar-refractivity contribution in [3.63, 3.8) is 0 Å². The molecule has 1 amide bonds. The average molecular weight is 252 g/mol. The van der Waals surface area contributed by atoms with E-state index in [-0.39, 0.29) is 24.3 Å². The lowest BCUT2D eigenvalue weighted by Gasteiger charge is -2.17. The third-order valence-electron chi connectivity index (χ3n) is 3.00. The lowest BCUT2D eigenvalue weighted by molar-refractivity contribution is -0.120. The third-order valence-corrected chi connectivity index (χ3v) is 3.00. The van der Waals surface area contributed by atoms with Gasteiger partial charge in [0.2, 0.25) is 5.91 Å². The molecule has 0 bridgehead atoms. The normalized spacial score (nSPS) is 12.3. The zero-order valence-corrected chi connectivity index (χ0v) is 11.4. The molecule has 100 valence electrons. The first-order valence-electron chi connectivity index (χ1n) is 6.19. The van der Waals surface area contributed by atoms with E-state index >= 15 is 0 Å². The van der Waals surface area contributed by atoms with E-state index in [1.807, 2.05) is 6.92 Å². The molecule has 0 saturated heterocycles. The molecule has 0 saturated carbocycles. The molecule has 1 rings (SSSR count). The molecule has 18 heavy (non-hydrogen) atoms. The second-order valence-electron chi connectivity index (χ2n) is 4.92. The quantitative estimate of drug-likeness (QED) is 0.846. The minimum Gasteiger partial charge on any atom is -0.376 e. The minimum absolute atomic E-state index is 0.0572. The molecule has 0 aliphatic heterocycles. The predicted molar refractivity (Wildman–Crippen MR) is 72.1 cm³/mol. The van der Waals surface area contributed by atoms with E-state index in [2.05, 4.69) is 24.5 Å². The van der Waals surface area contributed by atoms with Gasteiger partial charge < -0.3 is 10.6 Å². The van der Waals surface area contributed by atoms with Crippen LogP contribution in [-0.4, -0.2) is 18.5 Å². The van der Waals surface area contributed by atoms with Crippen molar-refractivity contribution >= 4 is 11.6 Å². The van der Waals surface area contributed by atoms with Crippen LogP contribution in [0.25, 0.3) is 0 Å². The van der Waals surface area contributed by atoms with Gasteiger partial charge in [0.1, 0.15) is 5.82 Å². The smallest absolute Gasteiger partial charge is 0.239 e. The van der Waals surface area contributed by atoms with Crippen molar-refractivity contribution < 1.29 is 9.18 Å². The summed E-state index contributed by atoms with van der Waals surface area (Å²) in [5.74, 6) is 0.110. The van der Waals surface area contributed by atoms with Crippen molar-refractivity contribution in [2.45, 2.75) is 33.7 Å². The van der Waals surface area contributed by atoms with Gasteiger partial charge in [0, 0.05) is 11.7 Å². The molecule has 3 nitrogen and oxygen atoms in total. The van der Waals surface area contributed by atoms with Crippen LogP contribution in [0.5, 0.6) is 0 Å². The van der Waals surface area contributed by atoms with E-state index in [9.17, 15) is 9.18 Å². The Morgan fingerprint density at radius 3 is 2.56 bits per heavy atom. The summed E-state index contributed by atoms with van der Waals surface area (Å²) >= 11 is 0. The van der Waals surface area contributed by atoms with Gasteiger partial charge in [-0.1, -0.05) is 13.8 Å². The van der Waals surface area contributed by atoms with Crippen molar-refractivity contribution in [3.8, 4) is 0 Å². The number of rotatable bonds is 5. The third kappa shape index (κ3) is 4.35. The van der Waals surface area contributed by atoms with Crippen molar-refractivity contribution in [1.29, 1.82) is 0 Å². The Morgan fingerprint density at radius 1 is 1.33 bits per heavy atom. The molecule has 0 aromatic heterocycles. The molecule has 0 radical (unpaired) electrons. The number of carbonyl (C=O) groups excluding carboxylic acids is 1. The van der Waals surface area contributed by atoms with Gasteiger partial charge >= 0.3 is 0 Å². The van der Waals surface area contributed by atoms with E-state index < -0.39 is 0 Å². The second kappa shape index (κ2) is 6.38. The molecule has 1 unspecified atom stereocenters. The number of amides is 1. The monoisotopic (exact) mass is 252 g/mol. The van der Waals surface area contributed by atoms with Crippen molar-refractivity contribution in [3.05, 3.63) is 29.6 Å². The Balaban J connectivity index is 2.45. The van der Waals surface area contributed by atoms with Crippen LogP contribution in [0.4, 0.5) is 10.1 Å². The first-order valence-corrected chi connectivity index (χ1v) is 6.19. The Morgan fingerprint density at radius 2 is 2.00 bits per heavy atom. The van der Waals surface area contributed by atoms with Gasteiger partial charge in [-0.2, -0.15) is 0 Å². The molecule has 1 aromatic carbocycles. The number of aryl methyl sites for hydroxylation is 1. The molecule has 4 heteroatoms. The number of hydrogen-bond donors (Lipinski definition) is 2. The highest BCUT2D eigenvalue weighted by atomic mass is 19.1. The molecular weight excluding hydrogens is 231 g/mol. The predicted octanol–water partition coefficient (Wildman–Crippen LogP) is 2.71. The van der Waals surface area contributed by atoms with Crippen molar-refractivity contribution in [1.82, 2.24) is 5.32 Å². The standard InChI is InChI=1S/C14H21FN2O/c1-9(2)11(4)17-14(18)8-16-12-5-6-13(15)10(3)7-12/h5-7,9,11,16H,8H2,1-4H3,(H,17,18). The average Bonchev–Trinajstić information content (AvgIpc) is 2.30. The largest absolute Gasteiger partial charge is 0.376 e. The molecule has 2 N–H and O–H groups in total. The SMILES string of the molecule is Cc1cc(NCC(=O)NC(C)C(C)C)ccc1F. The minimum atomic E-state index is -0.238. The molecule has 0 fully saturated rings. The van der Waals surface area contributed by atoms with E-state index in [1.54, 1.807) is 19.1 Å². The summed E-state index contributed by atoms with van der Waals surface area (Å²) in [6.07, 6.45) is 0. The maximum Gasteiger partial charge on any atom is 0.239 e. The summed E-state index contributed by atoms with van der Waals surface area (Å²) in [6.45, 7) is 7.98. The van der Waals surface area contributed by atoms with Crippen LogP contribution >= 0.6 is 0 Å². The van der Waals surface area contributed by atoms with Crippen LogP contribution in [0.15, 0.2) is 18.2 Å². The number of halogens is 1. The van der Waals surface area contributed by atoms with Gasteiger partial charge in [0.05, 0.1) is 6.54 Å². The molecule has 1 aromatic rings. The summed E-state index contributed by atoms with van der Waals surface area (Å²) in [6, 6.07) is 4.86. The van der Waals surface area contributed by atoms with Crippen molar-refractivity contribution in [2.24, 2.45) is 5.92 Å². The Labute approximate surface area is 108 Å². The summed E-state index contributed by atoms with van der Waals surface area (Å²) < 4.78 is 13.1. The fraction of sp³-hybridized carbons (Fsp3) is 0.500. The lowest BCUT2D eigenvalue weighted by Crippen LogP contribution is -2.39. The summed E-state index contributed by atoms with van der Waals surface area (Å²) in [5.41, 5.74) is 1.32. The van der Waals surface area contributed by atoms with Gasteiger partial charge in [0.15, 0.2) is 0 Å². The van der Waals surface area contributed by atoms with Crippen LogP contribution < -0.4 is 10.6 Å². The van der Waals surface area contributed by atoms with Gasteiger partial charge in [-0.25, -0.2) is 4.39 Å². The number of carbonyl (C=O) groups is 1. The Hall–Kier alpha value is -1.58. The maximum absolute atomic E-state index is 13.1. The van der Waals surface area contributed by atoms with Gasteiger partial charge in [-0.15, -0.1) is 0 Å². The molecular formula is C14H21FN2O. The van der Waals surface area contributed by atoms with Crippen LogP contribution in [0, 0.1) is 18.7 Å².